The van der Waals surface area contributed by atoms with Crippen molar-refractivity contribution in [2.45, 2.75) is 233 Å². The minimum absolute atomic E-state index is 0.0196. The second kappa shape index (κ2) is 40.1. The highest BCUT2D eigenvalue weighted by Gasteiger charge is 2.16. The molecular formula is C68H112F2O4. The van der Waals surface area contributed by atoms with Gasteiger partial charge in [0.1, 0.15) is 11.6 Å². The summed E-state index contributed by atoms with van der Waals surface area (Å²) in [5.41, 5.74) is 9.19. The van der Waals surface area contributed by atoms with E-state index in [-0.39, 0.29) is 17.9 Å². The Morgan fingerprint density at radius 3 is 0.878 bits per heavy atom. The van der Waals surface area contributed by atoms with E-state index in [2.05, 4.69) is 126 Å². The van der Waals surface area contributed by atoms with E-state index in [4.69, 9.17) is 18.9 Å². The van der Waals surface area contributed by atoms with Crippen LogP contribution in [0.25, 0.3) is 0 Å². The van der Waals surface area contributed by atoms with E-state index in [9.17, 15) is 8.78 Å². The highest BCUT2D eigenvalue weighted by molar-refractivity contribution is 5.23. The number of halogens is 2. The first-order valence-electron chi connectivity index (χ1n) is 29.2. The first-order chi connectivity index (χ1) is 34.9. The number of hydrogen-bond donors (Lipinski definition) is 0. The summed E-state index contributed by atoms with van der Waals surface area (Å²) >= 11 is 0. The van der Waals surface area contributed by atoms with Gasteiger partial charge in [-0.2, -0.15) is 0 Å². The molecule has 0 radical (unpaired) electrons. The van der Waals surface area contributed by atoms with E-state index >= 15 is 0 Å². The van der Waals surface area contributed by atoms with Crippen LogP contribution >= 0.6 is 0 Å². The van der Waals surface area contributed by atoms with Crippen LogP contribution in [0.4, 0.5) is 8.78 Å². The Hall–Kier alpha value is -3.16. The summed E-state index contributed by atoms with van der Waals surface area (Å²) < 4.78 is 46.3. The van der Waals surface area contributed by atoms with Crippen molar-refractivity contribution in [3.63, 3.8) is 0 Å². The number of allylic oxidation sites excluding steroid dienone is 4. The van der Waals surface area contributed by atoms with Crippen molar-refractivity contribution in [1.29, 1.82) is 0 Å². The van der Waals surface area contributed by atoms with Crippen LogP contribution in [-0.4, -0.2) is 44.9 Å². The van der Waals surface area contributed by atoms with Crippen LogP contribution in [0.2, 0.25) is 0 Å². The van der Waals surface area contributed by atoms with Crippen LogP contribution in [0, 0.1) is 94.6 Å². The molecule has 3 aromatic carbocycles. The Bertz CT molecular complexity index is 1690. The van der Waals surface area contributed by atoms with E-state index in [0.717, 1.165) is 73.1 Å². The summed E-state index contributed by atoms with van der Waals surface area (Å²) in [6.45, 7) is 41.8. The third-order valence-corrected chi connectivity index (χ3v) is 14.7. The van der Waals surface area contributed by atoms with Crippen molar-refractivity contribution >= 4 is 0 Å². The molecule has 1 saturated carbocycles. The van der Waals surface area contributed by atoms with Gasteiger partial charge >= 0.3 is 0 Å². The summed E-state index contributed by atoms with van der Waals surface area (Å²) in [5.74, 6) is 5.86. The molecule has 74 heavy (non-hydrogen) atoms. The zero-order valence-corrected chi connectivity index (χ0v) is 50.8. The van der Waals surface area contributed by atoms with Gasteiger partial charge in [0.15, 0.2) is 6.29 Å². The third-order valence-electron chi connectivity index (χ3n) is 14.7. The zero-order chi connectivity index (χ0) is 55.6. The van der Waals surface area contributed by atoms with Gasteiger partial charge in [-0.15, -0.1) is 0 Å². The lowest BCUT2D eigenvalue weighted by Gasteiger charge is -2.24. The second-order valence-corrected chi connectivity index (χ2v) is 23.9. The molecule has 3 aliphatic carbocycles. The minimum Gasteiger partial charge on any atom is -0.378 e. The molecule has 6 heteroatoms. The van der Waals surface area contributed by atoms with Crippen LogP contribution in [0.5, 0.6) is 0 Å². The molecule has 3 heterocycles. The van der Waals surface area contributed by atoms with Gasteiger partial charge in [0.05, 0.1) is 25.4 Å². The second-order valence-electron chi connectivity index (χ2n) is 23.9. The number of benzene rings is 3. The molecule has 3 aromatic rings. The third kappa shape index (κ3) is 36.8. The van der Waals surface area contributed by atoms with Crippen molar-refractivity contribution in [3.8, 4) is 0 Å². The summed E-state index contributed by atoms with van der Waals surface area (Å²) in [6, 6.07) is 18.9. The highest BCUT2D eigenvalue weighted by atomic mass is 19.1. The van der Waals surface area contributed by atoms with Crippen LogP contribution in [-0.2, 0) is 18.9 Å². The molecule has 0 aromatic heterocycles. The molecule has 4 fully saturated rings. The summed E-state index contributed by atoms with van der Waals surface area (Å²) in [5, 5.41) is 0. The maximum Gasteiger partial charge on any atom is 0.154 e. The van der Waals surface area contributed by atoms with Gasteiger partial charge in [-0.3, -0.25) is 0 Å². The maximum atomic E-state index is 12.6. The molecule has 422 valence electrons. The first kappa shape index (κ1) is 68.9. The lowest BCUT2D eigenvalue weighted by atomic mass is 9.84. The van der Waals surface area contributed by atoms with Gasteiger partial charge in [0, 0.05) is 19.1 Å². The summed E-state index contributed by atoms with van der Waals surface area (Å²) in [6.07, 6.45) is 25.0. The quantitative estimate of drug-likeness (QED) is 0.210. The van der Waals surface area contributed by atoms with Gasteiger partial charge in [-0.1, -0.05) is 157 Å². The van der Waals surface area contributed by atoms with Crippen molar-refractivity contribution in [2.24, 2.45) is 41.4 Å². The molecule has 9 rings (SSSR count). The lowest BCUT2D eigenvalue weighted by Crippen LogP contribution is -2.27. The average molecular weight is 1030 g/mol. The first-order valence-corrected chi connectivity index (χ1v) is 29.2. The Labute approximate surface area is 455 Å². The van der Waals surface area contributed by atoms with Gasteiger partial charge in [0.25, 0.3) is 0 Å². The van der Waals surface area contributed by atoms with Crippen LogP contribution in [0.15, 0.2) is 84.0 Å². The van der Waals surface area contributed by atoms with Gasteiger partial charge in [-0.25, -0.2) is 8.78 Å². The van der Waals surface area contributed by atoms with Crippen molar-refractivity contribution in [2.75, 3.05) is 26.4 Å². The van der Waals surface area contributed by atoms with E-state index in [1.807, 2.05) is 32.9 Å². The number of hydrogen-bond acceptors (Lipinski definition) is 4. The Morgan fingerprint density at radius 2 is 0.649 bits per heavy atom. The molecule has 0 bridgehead atoms. The fourth-order valence-corrected chi connectivity index (χ4v) is 8.38. The molecule has 6 atom stereocenters. The molecule has 3 saturated heterocycles. The van der Waals surface area contributed by atoms with Gasteiger partial charge in [0.2, 0.25) is 0 Å². The zero-order valence-electron chi connectivity index (χ0n) is 50.8. The molecule has 6 aliphatic rings. The Kier molecular flexibility index (Phi) is 37.3. The Morgan fingerprint density at radius 1 is 0.338 bits per heavy atom. The van der Waals surface area contributed by atoms with E-state index in [0.29, 0.717) is 29.3 Å². The maximum absolute atomic E-state index is 12.6. The van der Waals surface area contributed by atoms with E-state index < -0.39 is 0 Å². The molecule has 0 spiro atoms. The number of ether oxygens (including phenoxy) is 4. The minimum atomic E-state index is -0.116. The molecule has 4 nitrogen and oxygen atoms in total. The summed E-state index contributed by atoms with van der Waals surface area (Å²) in [7, 11) is 0. The predicted octanol–water partition coefficient (Wildman–Crippen LogP) is 20.2. The average Bonchev–Trinajstić information content (AvgIpc) is 3.37. The van der Waals surface area contributed by atoms with Crippen molar-refractivity contribution in [3.05, 3.63) is 129 Å². The predicted molar refractivity (Wildman–Crippen MR) is 316 cm³/mol. The monoisotopic (exact) mass is 1030 g/mol. The fourth-order valence-electron chi connectivity index (χ4n) is 8.38. The molecular weight excluding hydrogens is 919 g/mol. The van der Waals surface area contributed by atoms with Crippen molar-refractivity contribution < 1.29 is 27.7 Å². The smallest absolute Gasteiger partial charge is 0.154 e. The van der Waals surface area contributed by atoms with E-state index in [1.165, 1.54) is 113 Å². The lowest BCUT2D eigenvalue weighted by molar-refractivity contribution is -0.187. The van der Waals surface area contributed by atoms with Crippen LogP contribution in [0.3, 0.4) is 0 Å². The van der Waals surface area contributed by atoms with E-state index in [1.54, 1.807) is 37.1 Å². The highest BCUT2D eigenvalue weighted by Crippen LogP contribution is 2.27. The van der Waals surface area contributed by atoms with Gasteiger partial charge in [-0.05, 0) is 210 Å². The number of aryl methyl sites for hydroxylation is 6. The normalized spacial score (nSPS) is 27.0. The molecule has 3 aliphatic heterocycles. The fraction of sp³-hybridized carbons (Fsp3) is 0.676. The SMILES string of the molecule is CC1=CCC(C)CC1.CC1=CCC(C)CC1.CC1CCC(C)CC1.CC1CCC(C)OC1.CC1CCC(C)OC1.CC1COC(C)OC1.Cc1ccc(C)c(F)c1.Cc1ccc(C)c(F)c1.Cc1ccc(C)cc1. The Balaban J connectivity index is 0.000000416. The van der Waals surface area contributed by atoms with Gasteiger partial charge < -0.3 is 18.9 Å². The van der Waals surface area contributed by atoms with Crippen LogP contribution in [0.1, 0.15) is 206 Å². The molecule has 6 unspecified atom stereocenters. The molecule has 0 amide bonds. The number of rotatable bonds is 0. The molecule has 0 N–H and O–H groups in total. The standard InChI is InChI=1S/2C8H9F.C8H16.2C8H14.C8H10.2C7H14O.C6H12O2/c2*1-6-3-4-7(2)8(9)5-6;4*1-7-3-5-8(2)6-4-7;2*1-6-3-4-7(2)8-5-6;1-5-3-7-6(2)8-4-5/h2*3-5H,1-2H3;7-8H,3-6H2,1-2H3;2*3,8H,4-6H2,1-2H3;3-6H,1-2H3;2*6-7H,3-5H2,1-2H3;5-6H,3-4H2,1-2H3. The largest absolute Gasteiger partial charge is 0.378 e. The summed E-state index contributed by atoms with van der Waals surface area (Å²) in [4.78, 5) is 0. The van der Waals surface area contributed by atoms with Crippen molar-refractivity contribution in [1.82, 2.24) is 0 Å². The topological polar surface area (TPSA) is 36.9 Å². The van der Waals surface area contributed by atoms with Crippen LogP contribution < -0.4 is 0 Å².